The predicted octanol–water partition coefficient (Wildman–Crippen LogP) is 2.70. The van der Waals surface area contributed by atoms with Gasteiger partial charge in [0.2, 0.25) is 0 Å². The minimum atomic E-state index is -1.01. The highest BCUT2D eigenvalue weighted by Gasteiger charge is 2.10. The molecule has 0 amide bonds. The van der Waals surface area contributed by atoms with Gasteiger partial charge in [-0.3, -0.25) is 9.36 Å². The Bertz CT molecular complexity index is 939. The third kappa shape index (κ3) is 2.22. The summed E-state index contributed by atoms with van der Waals surface area (Å²) in [5, 5.41) is 19.6. The van der Waals surface area contributed by atoms with Gasteiger partial charge in [0, 0.05) is 16.8 Å². The maximum Gasteiger partial charge on any atom is 0.335 e. The Labute approximate surface area is 125 Å². The molecule has 0 saturated heterocycles. The number of aromatic carboxylic acids is 1. The third-order valence-corrected chi connectivity index (χ3v) is 3.56. The van der Waals surface area contributed by atoms with E-state index in [0.29, 0.717) is 22.2 Å². The lowest BCUT2D eigenvalue weighted by molar-refractivity contribution is 0.0697. The number of nitrogens with zero attached hydrogens (tertiary/aromatic N) is 1. The van der Waals surface area contributed by atoms with Gasteiger partial charge < -0.3 is 10.2 Å². The maximum atomic E-state index is 12.6. The van der Waals surface area contributed by atoms with Crippen LogP contribution in [0.1, 0.15) is 16.1 Å². The van der Waals surface area contributed by atoms with Crippen LogP contribution < -0.4 is 5.56 Å². The SMILES string of the molecule is Cc1cc2cc(O)ccc2c(=O)n1-c1ccc(C(=O)O)cc1. The average molecular weight is 295 g/mol. The highest BCUT2D eigenvalue weighted by atomic mass is 16.4. The van der Waals surface area contributed by atoms with Crippen LogP contribution in [0.25, 0.3) is 16.5 Å². The molecule has 1 aromatic heterocycles. The number of carbonyl (C=O) groups is 1. The van der Waals surface area contributed by atoms with Crippen LogP contribution in [-0.2, 0) is 0 Å². The van der Waals surface area contributed by atoms with Gasteiger partial charge in [0.1, 0.15) is 5.75 Å². The van der Waals surface area contributed by atoms with Gasteiger partial charge in [0.15, 0.2) is 0 Å². The number of aryl methyl sites for hydroxylation is 1. The van der Waals surface area contributed by atoms with Crippen molar-refractivity contribution in [2.45, 2.75) is 6.92 Å². The first-order valence-corrected chi connectivity index (χ1v) is 6.66. The predicted molar refractivity (Wildman–Crippen MR) is 82.9 cm³/mol. The summed E-state index contributed by atoms with van der Waals surface area (Å²) in [7, 11) is 0. The zero-order valence-corrected chi connectivity index (χ0v) is 11.8. The Kier molecular flexibility index (Phi) is 3.18. The van der Waals surface area contributed by atoms with E-state index < -0.39 is 5.97 Å². The number of benzene rings is 2. The lowest BCUT2D eigenvalue weighted by Gasteiger charge is -2.12. The summed E-state index contributed by atoms with van der Waals surface area (Å²) in [5.74, 6) is -0.903. The first kappa shape index (κ1) is 13.9. The van der Waals surface area contributed by atoms with E-state index in [0.717, 1.165) is 0 Å². The number of phenols is 1. The molecule has 2 aromatic carbocycles. The molecule has 3 aromatic rings. The number of rotatable bonds is 2. The van der Waals surface area contributed by atoms with Gasteiger partial charge in [-0.05, 0) is 60.8 Å². The lowest BCUT2D eigenvalue weighted by atomic mass is 10.1. The second kappa shape index (κ2) is 5.04. The monoisotopic (exact) mass is 295 g/mol. The number of fused-ring (bicyclic) bond motifs is 1. The van der Waals surface area contributed by atoms with Crippen molar-refractivity contribution in [1.29, 1.82) is 0 Å². The molecule has 0 saturated carbocycles. The van der Waals surface area contributed by atoms with E-state index in [2.05, 4.69) is 0 Å². The second-order valence-corrected chi connectivity index (χ2v) is 5.05. The van der Waals surface area contributed by atoms with E-state index >= 15 is 0 Å². The topological polar surface area (TPSA) is 79.5 Å². The van der Waals surface area contributed by atoms with Gasteiger partial charge >= 0.3 is 5.97 Å². The lowest BCUT2D eigenvalue weighted by Crippen LogP contribution is -2.20. The van der Waals surface area contributed by atoms with Crippen LogP contribution in [0.2, 0.25) is 0 Å². The van der Waals surface area contributed by atoms with Crippen molar-refractivity contribution in [3.8, 4) is 11.4 Å². The minimum Gasteiger partial charge on any atom is -0.508 e. The summed E-state index contributed by atoms with van der Waals surface area (Å²) < 4.78 is 1.52. The molecule has 0 atom stereocenters. The van der Waals surface area contributed by atoms with Crippen LogP contribution in [-0.4, -0.2) is 20.7 Å². The normalized spacial score (nSPS) is 10.8. The maximum absolute atomic E-state index is 12.6. The molecule has 3 rings (SSSR count). The second-order valence-electron chi connectivity index (χ2n) is 5.05. The van der Waals surface area contributed by atoms with Crippen molar-refractivity contribution in [3.63, 3.8) is 0 Å². The highest BCUT2D eigenvalue weighted by Crippen LogP contribution is 2.20. The van der Waals surface area contributed by atoms with E-state index in [1.165, 1.54) is 22.8 Å². The minimum absolute atomic E-state index is 0.106. The van der Waals surface area contributed by atoms with Crippen molar-refractivity contribution in [3.05, 3.63) is 70.1 Å². The van der Waals surface area contributed by atoms with Crippen LogP contribution in [0.15, 0.2) is 53.3 Å². The van der Waals surface area contributed by atoms with Gasteiger partial charge in [-0.25, -0.2) is 4.79 Å². The van der Waals surface area contributed by atoms with Crippen LogP contribution in [0.5, 0.6) is 5.75 Å². The largest absolute Gasteiger partial charge is 0.508 e. The van der Waals surface area contributed by atoms with Crippen molar-refractivity contribution >= 4 is 16.7 Å². The molecular weight excluding hydrogens is 282 g/mol. The molecule has 5 heteroatoms. The molecular formula is C17H13NO4. The third-order valence-electron chi connectivity index (χ3n) is 3.56. The molecule has 2 N–H and O–H groups in total. The fourth-order valence-corrected chi connectivity index (χ4v) is 2.51. The molecule has 0 bridgehead atoms. The molecule has 0 aliphatic heterocycles. The number of aromatic nitrogens is 1. The van der Waals surface area contributed by atoms with Crippen LogP contribution in [0, 0.1) is 6.92 Å². The summed E-state index contributed by atoms with van der Waals surface area (Å²) >= 11 is 0. The molecule has 110 valence electrons. The Morgan fingerprint density at radius 2 is 1.73 bits per heavy atom. The summed E-state index contributed by atoms with van der Waals surface area (Å²) in [5.41, 5.74) is 1.26. The Hall–Kier alpha value is -3.08. The van der Waals surface area contributed by atoms with E-state index in [-0.39, 0.29) is 16.9 Å². The van der Waals surface area contributed by atoms with E-state index in [4.69, 9.17) is 5.11 Å². The fraction of sp³-hybridized carbons (Fsp3) is 0.0588. The molecule has 5 nitrogen and oxygen atoms in total. The highest BCUT2D eigenvalue weighted by molar-refractivity contribution is 5.88. The zero-order valence-electron chi connectivity index (χ0n) is 11.8. The Balaban J connectivity index is 2.24. The van der Waals surface area contributed by atoms with Gasteiger partial charge in [-0.2, -0.15) is 0 Å². The standard InChI is InChI=1S/C17H13NO4/c1-10-8-12-9-14(19)6-7-15(12)16(20)18(10)13-4-2-11(3-5-13)17(21)22/h2-9,19H,1H3,(H,21,22). The summed E-state index contributed by atoms with van der Waals surface area (Å²) in [4.78, 5) is 23.5. The molecule has 0 unspecified atom stereocenters. The van der Waals surface area contributed by atoms with Gasteiger partial charge in [0.05, 0.1) is 5.56 Å². The summed E-state index contributed by atoms with van der Waals surface area (Å²) in [6, 6.07) is 12.5. The molecule has 0 fully saturated rings. The quantitative estimate of drug-likeness (QED) is 0.762. The Morgan fingerprint density at radius 3 is 2.36 bits per heavy atom. The van der Waals surface area contributed by atoms with Crippen molar-refractivity contribution in [1.82, 2.24) is 4.57 Å². The van der Waals surface area contributed by atoms with Crippen LogP contribution >= 0.6 is 0 Å². The molecule has 22 heavy (non-hydrogen) atoms. The average Bonchev–Trinajstić information content (AvgIpc) is 2.47. The first-order valence-electron chi connectivity index (χ1n) is 6.66. The van der Waals surface area contributed by atoms with Crippen molar-refractivity contribution < 1.29 is 15.0 Å². The summed E-state index contributed by atoms with van der Waals surface area (Å²) in [6.45, 7) is 1.79. The smallest absolute Gasteiger partial charge is 0.335 e. The number of carboxylic acid groups (broad SMARTS) is 1. The molecule has 0 spiro atoms. The first-order chi connectivity index (χ1) is 10.5. The number of aromatic hydroxyl groups is 1. The number of phenolic OH excluding ortho intramolecular Hbond substituents is 1. The molecule has 0 aliphatic carbocycles. The Morgan fingerprint density at radius 1 is 1.05 bits per heavy atom. The van der Waals surface area contributed by atoms with Crippen LogP contribution in [0.3, 0.4) is 0 Å². The molecule has 1 heterocycles. The van der Waals surface area contributed by atoms with Crippen molar-refractivity contribution in [2.75, 3.05) is 0 Å². The summed E-state index contributed by atoms with van der Waals surface area (Å²) in [6.07, 6.45) is 0. The van der Waals surface area contributed by atoms with E-state index in [1.807, 2.05) is 6.07 Å². The number of hydrogen-bond donors (Lipinski definition) is 2. The fourth-order valence-electron chi connectivity index (χ4n) is 2.51. The van der Waals surface area contributed by atoms with E-state index in [9.17, 15) is 14.7 Å². The van der Waals surface area contributed by atoms with Gasteiger partial charge in [0.25, 0.3) is 5.56 Å². The molecule has 0 radical (unpaired) electrons. The van der Waals surface area contributed by atoms with Crippen molar-refractivity contribution in [2.24, 2.45) is 0 Å². The number of pyridine rings is 1. The van der Waals surface area contributed by atoms with Gasteiger partial charge in [-0.15, -0.1) is 0 Å². The van der Waals surface area contributed by atoms with E-state index in [1.54, 1.807) is 31.2 Å². The molecule has 0 aliphatic rings. The number of carboxylic acids is 1. The zero-order chi connectivity index (χ0) is 15.9. The van der Waals surface area contributed by atoms with Gasteiger partial charge in [-0.1, -0.05) is 0 Å². The van der Waals surface area contributed by atoms with Crippen LogP contribution in [0.4, 0.5) is 0 Å². The number of hydrogen-bond acceptors (Lipinski definition) is 3.